The molecule has 3 heteroatoms. The molecule has 0 spiro atoms. The van der Waals surface area contributed by atoms with Gasteiger partial charge in [0, 0.05) is 24.7 Å². The SMILES string of the molecule is CCNC(c1ccccc1SC)C(C)CCOC. The number of methoxy groups -OCH3 is 1. The van der Waals surface area contributed by atoms with Crippen molar-refractivity contribution < 1.29 is 4.74 Å². The Morgan fingerprint density at radius 3 is 2.67 bits per heavy atom. The van der Waals surface area contributed by atoms with Gasteiger partial charge in [-0.2, -0.15) is 0 Å². The molecule has 0 aliphatic carbocycles. The molecule has 0 aromatic heterocycles. The van der Waals surface area contributed by atoms with Crippen LogP contribution < -0.4 is 5.32 Å². The van der Waals surface area contributed by atoms with E-state index in [2.05, 4.69) is 49.7 Å². The first-order chi connectivity index (χ1) is 8.74. The zero-order chi connectivity index (χ0) is 13.4. The van der Waals surface area contributed by atoms with Gasteiger partial charge in [0.05, 0.1) is 0 Å². The summed E-state index contributed by atoms with van der Waals surface area (Å²) in [7, 11) is 1.77. The summed E-state index contributed by atoms with van der Waals surface area (Å²) in [5.41, 5.74) is 1.41. The molecule has 0 aliphatic rings. The summed E-state index contributed by atoms with van der Waals surface area (Å²) in [4.78, 5) is 1.37. The smallest absolute Gasteiger partial charge is 0.0465 e. The first kappa shape index (κ1) is 15.5. The van der Waals surface area contributed by atoms with Crippen LogP contribution in [-0.2, 0) is 4.74 Å². The Balaban J connectivity index is 2.88. The van der Waals surface area contributed by atoms with E-state index in [1.165, 1.54) is 10.5 Å². The summed E-state index contributed by atoms with van der Waals surface area (Å²) in [6, 6.07) is 9.09. The lowest BCUT2D eigenvalue weighted by Gasteiger charge is -2.26. The van der Waals surface area contributed by atoms with Crippen LogP contribution in [0.1, 0.15) is 31.9 Å². The lowest BCUT2D eigenvalue weighted by molar-refractivity contribution is 0.170. The molecule has 18 heavy (non-hydrogen) atoms. The van der Waals surface area contributed by atoms with E-state index in [0.29, 0.717) is 12.0 Å². The van der Waals surface area contributed by atoms with E-state index in [0.717, 1.165) is 19.6 Å². The Morgan fingerprint density at radius 1 is 1.33 bits per heavy atom. The number of rotatable bonds is 8. The minimum atomic E-state index is 0.411. The van der Waals surface area contributed by atoms with Gasteiger partial charge in [-0.3, -0.25) is 0 Å². The van der Waals surface area contributed by atoms with Crippen LogP contribution in [0.4, 0.5) is 0 Å². The summed E-state index contributed by atoms with van der Waals surface area (Å²) in [5.74, 6) is 0.568. The second-order valence-electron chi connectivity index (χ2n) is 4.54. The molecule has 1 aromatic carbocycles. The van der Waals surface area contributed by atoms with Crippen molar-refractivity contribution in [1.29, 1.82) is 0 Å². The minimum Gasteiger partial charge on any atom is -0.385 e. The Kier molecular flexibility index (Phi) is 7.40. The second kappa shape index (κ2) is 8.57. The van der Waals surface area contributed by atoms with Crippen LogP contribution in [0.25, 0.3) is 0 Å². The van der Waals surface area contributed by atoms with Crippen LogP contribution in [0.15, 0.2) is 29.2 Å². The summed E-state index contributed by atoms with van der Waals surface area (Å²) < 4.78 is 5.20. The van der Waals surface area contributed by atoms with Crippen molar-refractivity contribution >= 4 is 11.8 Å². The summed E-state index contributed by atoms with van der Waals surface area (Å²) in [6.07, 6.45) is 3.22. The van der Waals surface area contributed by atoms with Crippen molar-refractivity contribution in [3.05, 3.63) is 29.8 Å². The molecule has 0 bridgehead atoms. The van der Waals surface area contributed by atoms with Crippen LogP contribution in [-0.4, -0.2) is 26.5 Å². The largest absolute Gasteiger partial charge is 0.385 e. The van der Waals surface area contributed by atoms with Gasteiger partial charge in [-0.25, -0.2) is 0 Å². The van der Waals surface area contributed by atoms with Crippen molar-refractivity contribution in [3.8, 4) is 0 Å². The highest BCUT2D eigenvalue weighted by molar-refractivity contribution is 7.98. The maximum absolute atomic E-state index is 5.20. The third-order valence-electron chi connectivity index (χ3n) is 3.24. The predicted octanol–water partition coefficient (Wildman–Crippen LogP) is 3.73. The number of thioether (sulfide) groups is 1. The normalized spacial score (nSPS) is 14.4. The molecule has 102 valence electrons. The van der Waals surface area contributed by atoms with Crippen molar-refractivity contribution in [3.63, 3.8) is 0 Å². The predicted molar refractivity (Wildman–Crippen MR) is 80.3 cm³/mol. The molecule has 0 aliphatic heterocycles. The fourth-order valence-corrected chi connectivity index (χ4v) is 2.88. The maximum Gasteiger partial charge on any atom is 0.0465 e. The van der Waals surface area contributed by atoms with Gasteiger partial charge in [0.1, 0.15) is 0 Å². The summed E-state index contributed by atoms with van der Waals surface area (Å²) >= 11 is 1.82. The fraction of sp³-hybridized carbons (Fsp3) is 0.600. The van der Waals surface area contributed by atoms with E-state index in [1.54, 1.807) is 7.11 Å². The number of nitrogens with one attached hydrogen (secondary N) is 1. The number of hydrogen-bond acceptors (Lipinski definition) is 3. The van der Waals surface area contributed by atoms with Crippen LogP contribution >= 0.6 is 11.8 Å². The van der Waals surface area contributed by atoms with E-state index in [4.69, 9.17) is 4.74 Å². The number of ether oxygens (including phenoxy) is 1. The standard InChI is InChI=1S/C15H25NOS/c1-5-16-15(12(2)10-11-17-3)13-8-6-7-9-14(13)18-4/h6-9,12,15-16H,5,10-11H2,1-4H3. The van der Waals surface area contributed by atoms with Crippen molar-refractivity contribution in [2.24, 2.45) is 5.92 Å². The lowest BCUT2D eigenvalue weighted by atomic mass is 9.92. The van der Waals surface area contributed by atoms with E-state index in [9.17, 15) is 0 Å². The second-order valence-corrected chi connectivity index (χ2v) is 5.38. The molecular formula is C15H25NOS. The maximum atomic E-state index is 5.20. The quantitative estimate of drug-likeness (QED) is 0.725. The van der Waals surface area contributed by atoms with Gasteiger partial charge < -0.3 is 10.1 Å². The molecule has 2 atom stereocenters. The van der Waals surface area contributed by atoms with Crippen molar-refractivity contribution in [1.82, 2.24) is 5.32 Å². The average Bonchev–Trinajstić information content (AvgIpc) is 2.42. The molecule has 0 radical (unpaired) electrons. The van der Waals surface area contributed by atoms with Crippen molar-refractivity contribution in [2.45, 2.75) is 31.2 Å². The van der Waals surface area contributed by atoms with Crippen LogP contribution in [0.2, 0.25) is 0 Å². The molecule has 1 N–H and O–H groups in total. The highest BCUT2D eigenvalue weighted by Gasteiger charge is 2.20. The summed E-state index contributed by atoms with van der Waals surface area (Å²) in [6.45, 7) is 6.27. The first-order valence-corrected chi connectivity index (χ1v) is 7.82. The van der Waals surface area contributed by atoms with E-state index in [1.807, 2.05) is 11.8 Å². The van der Waals surface area contributed by atoms with Gasteiger partial charge in [-0.15, -0.1) is 11.8 Å². The Morgan fingerprint density at radius 2 is 2.06 bits per heavy atom. The molecule has 0 saturated carbocycles. The molecule has 1 aromatic rings. The Bertz CT molecular complexity index is 343. The van der Waals surface area contributed by atoms with Gasteiger partial charge >= 0.3 is 0 Å². The van der Waals surface area contributed by atoms with Crippen LogP contribution in [0.3, 0.4) is 0 Å². The number of hydrogen-bond donors (Lipinski definition) is 1. The number of benzene rings is 1. The molecule has 0 saturated heterocycles. The van der Waals surface area contributed by atoms with E-state index >= 15 is 0 Å². The van der Waals surface area contributed by atoms with Crippen LogP contribution in [0, 0.1) is 5.92 Å². The van der Waals surface area contributed by atoms with Gasteiger partial charge in [-0.05, 0) is 36.8 Å². The third kappa shape index (κ3) is 4.30. The third-order valence-corrected chi connectivity index (χ3v) is 4.06. The zero-order valence-corrected chi connectivity index (χ0v) is 12.7. The Labute approximate surface area is 116 Å². The highest BCUT2D eigenvalue weighted by atomic mass is 32.2. The van der Waals surface area contributed by atoms with Gasteiger partial charge in [0.2, 0.25) is 0 Å². The van der Waals surface area contributed by atoms with Crippen molar-refractivity contribution in [2.75, 3.05) is 26.5 Å². The van der Waals surface area contributed by atoms with Gasteiger partial charge in [0.15, 0.2) is 0 Å². The van der Waals surface area contributed by atoms with E-state index < -0.39 is 0 Å². The summed E-state index contributed by atoms with van der Waals surface area (Å²) in [5, 5.41) is 3.61. The average molecular weight is 267 g/mol. The zero-order valence-electron chi connectivity index (χ0n) is 11.9. The Hall–Kier alpha value is -0.510. The molecule has 0 heterocycles. The molecule has 1 rings (SSSR count). The topological polar surface area (TPSA) is 21.3 Å². The molecule has 0 amide bonds. The van der Waals surface area contributed by atoms with E-state index in [-0.39, 0.29) is 0 Å². The lowest BCUT2D eigenvalue weighted by Crippen LogP contribution is -2.28. The molecular weight excluding hydrogens is 242 g/mol. The first-order valence-electron chi connectivity index (χ1n) is 6.59. The molecule has 2 nitrogen and oxygen atoms in total. The highest BCUT2D eigenvalue weighted by Crippen LogP contribution is 2.31. The minimum absolute atomic E-state index is 0.411. The molecule has 2 unspecified atom stereocenters. The van der Waals surface area contributed by atoms with Gasteiger partial charge in [-0.1, -0.05) is 32.0 Å². The molecule has 0 fully saturated rings. The monoisotopic (exact) mass is 267 g/mol. The van der Waals surface area contributed by atoms with Gasteiger partial charge in [0.25, 0.3) is 0 Å². The fourth-order valence-electron chi connectivity index (χ4n) is 2.23. The van der Waals surface area contributed by atoms with Crippen LogP contribution in [0.5, 0.6) is 0 Å².